The molecule has 192 valence electrons. The first kappa shape index (κ1) is 23.9. The molecule has 1 atom stereocenters. The van der Waals surface area contributed by atoms with Crippen LogP contribution in [0.15, 0.2) is 48.9 Å². The van der Waals surface area contributed by atoms with Crippen LogP contribution in [0.5, 0.6) is 5.75 Å². The Morgan fingerprint density at radius 3 is 2.59 bits per heavy atom. The number of hydrogen-bond donors (Lipinski definition) is 1. The molecule has 1 aliphatic carbocycles. The number of imidazole rings is 1. The summed E-state index contributed by atoms with van der Waals surface area (Å²) in [5, 5.41) is 11.0. The SMILES string of the molecule is CN1CCC(O)(c2ncc(-c3cn4c5c(nc4cc3F)CC[C@@H]5c3ccccc3OC(F)F)cn2)CC1. The number of piperidine rings is 1. The van der Waals surface area contributed by atoms with Gasteiger partial charge in [-0.2, -0.15) is 8.78 Å². The Hall–Kier alpha value is -3.50. The Bertz CT molecular complexity index is 1450. The maximum absolute atomic E-state index is 15.2. The number of fused-ring (bicyclic) bond motifs is 3. The van der Waals surface area contributed by atoms with E-state index in [2.05, 4.69) is 19.9 Å². The van der Waals surface area contributed by atoms with Gasteiger partial charge in [-0.25, -0.2) is 19.3 Å². The minimum Gasteiger partial charge on any atom is -0.435 e. The Kier molecular flexibility index (Phi) is 5.88. The summed E-state index contributed by atoms with van der Waals surface area (Å²) < 4.78 is 47.9. The van der Waals surface area contributed by atoms with Crippen LogP contribution in [-0.4, -0.2) is 56.1 Å². The number of pyridine rings is 1. The average Bonchev–Trinajstić information content (AvgIpc) is 3.44. The molecule has 1 fully saturated rings. The van der Waals surface area contributed by atoms with Crippen LogP contribution < -0.4 is 4.74 Å². The summed E-state index contributed by atoms with van der Waals surface area (Å²) in [6, 6.07) is 8.12. The number of aryl methyl sites for hydroxylation is 1. The van der Waals surface area contributed by atoms with E-state index in [-0.39, 0.29) is 17.2 Å². The topological polar surface area (TPSA) is 75.8 Å². The van der Waals surface area contributed by atoms with E-state index < -0.39 is 18.0 Å². The fourth-order valence-electron chi connectivity index (χ4n) is 5.51. The number of hydrogen-bond acceptors (Lipinski definition) is 6. The second kappa shape index (κ2) is 9.11. The highest BCUT2D eigenvalue weighted by atomic mass is 19.3. The molecule has 0 bridgehead atoms. The van der Waals surface area contributed by atoms with Crippen LogP contribution in [-0.2, 0) is 12.0 Å². The summed E-state index contributed by atoms with van der Waals surface area (Å²) in [5.74, 6) is -0.229. The van der Waals surface area contributed by atoms with Gasteiger partial charge in [-0.05, 0) is 38.8 Å². The molecule has 2 aliphatic rings. The van der Waals surface area contributed by atoms with Crippen LogP contribution in [0.3, 0.4) is 0 Å². The number of ether oxygens (including phenoxy) is 1. The van der Waals surface area contributed by atoms with Crippen LogP contribution in [0, 0.1) is 5.82 Å². The van der Waals surface area contributed by atoms with E-state index >= 15 is 4.39 Å². The van der Waals surface area contributed by atoms with Gasteiger partial charge in [-0.3, -0.25) is 0 Å². The lowest BCUT2D eigenvalue weighted by molar-refractivity contribution is -0.0505. The first-order valence-corrected chi connectivity index (χ1v) is 12.3. The van der Waals surface area contributed by atoms with Crippen molar-refractivity contribution in [1.29, 1.82) is 0 Å². The molecule has 3 aromatic heterocycles. The maximum Gasteiger partial charge on any atom is 0.387 e. The van der Waals surface area contributed by atoms with E-state index in [0.717, 1.165) is 24.5 Å². The van der Waals surface area contributed by atoms with Crippen molar-refractivity contribution in [2.24, 2.45) is 0 Å². The molecular formula is C27H26F3N5O2. The second-order valence-electron chi connectivity index (χ2n) is 9.84. The molecule has 1 aromatic carbocycles. The van der Waals surface area contributed by atoms with Gasteiger partial charge in [0.2, 0.25) is 0 Å². The minimum atomic E-state index is -2.93. The zero-order valence-electron chi connectivity index (χ0n) is 20.2. The Labute approximate surface area is 211 Å². The Balaban J connectivity index is 1.38. The van der Waals surface area contributed by atoms with Crippen molar-refractivity contribution < 1.29 is 23.0 Å². The third-order valence-electron chi connectivity index (χ3n) is 7.53. The molecule has 1 saturated heterocycles. The number of para-hydroxylation sites is 1. The fourth-order valence-corrected chi connectivity index (χ4v) is 5.51. The van der Waals surface area contributed by atoms with Crippen molar-refractivity contribution in [2.45, 2.75) is 43.8 Å². The maximum atomic E-state index is 15.2. The number of aromatic nitrogens is 4. The normalized spacial score (nSPS) is 19.5. The van der Waals surface area contributed by atoms with Crippen molar-refractivity contribution in [2.75, 3.05) is 20.1 Å². The molecule has 1 aliphatic heterocycles. The van der Waals surface area contributed by atoms with Gasteiger partial charge < -0.3 is 19.1 Å². The molecule has 4 heterocycles. The van der Waals surface area contributed by atoms with E-state index in [1.165, 1.54) is 24.5 Å². The quantitative estimate of drug-likeness (QED) is 0.426. The van der Waals surface area contributed by atoms with Gasteiger partial charge in [0.15, 0.2) is 5.82 Å². The summed E-state index contributed by atoms with van der Waals surface area (Å²) in [6.07, 6.45) is 7.11. The summed E-state index contributed by atoms with van der Waals surface area (Å²) in [4.78, 5) is 15.6. The van der Waals surface area contributed by atoms with E-state index in [1.807, 2.05) is 11.4 Å². The molecule has 6 rings (SSSR count). The molecule has 0 radical (unpaired) electrons. The molecule has 10 heteroatoms. The summed E-state index contributed by atoms with van der Waals surface area (Å²) >= 11 is 0. The van der Waals surface area contributed by atoms with Crippen molar-refractivity contribution in [3.63, 3.8) is 0 Å². The summed E-state index contributed by atoms with van der Waals surface area (Å²) in [7, 11) is 2.00. The van der Waals surface area contributed by atoms with E-state index in [4.69, 9.17) is 4.74 Å². The lowest BCUT2D eigenvalue weighted by Crippen LogP contribution is -2.41. The average molecular weight is 510 g/mol. The number of aliphatic hydroxyl groups is 1. The molecule has 0 amide bonds. The van der Waals surface area contributed by atoms with Crippen LogP contribution in [0.4, 0.5) is 13.2 Å². The van der Waals surface area contributed by atoms with Gasteiger partial charge in [0.1, 0.15) is 22.8 Å². The molecule has 0 unspecified atom stereocenters. The first-order valence-electron chi connectivity index (χ1n) is 12.3. The highest BCUT2D eigenvalue weighted by Gasteiger charge is 2.36. The van der Waals surface area contributed by atoms with Gasteiger partial charge in [0, 0.05) is 60.4 Å². The van der Waals surface area contributed by atoms with Gasteiger partial charge in [0.05, 0.1) is 11.4 Å². The lowest BCUT2D eigenvalue weighted by Gasteiger charge is -2.35. The molecule has 4 aromatic rings. The number of benzene rings is 1. The number of likely N-dealkylation sites (tertiary alicyclic amines) is 1. The van der Waals surface area contributed by atoms with E-state index in [0.29, 0.717) is 48.3 Å². The molecule has 37 heavy (non-hydrogen) atoms. The molecule has 0 saturated carbocycles. The Morgan fingerprint density at radius 2 is 1.86 bits per heavy atom. The smallest absolute Gasteiger partial charge is 0.387 e. The molecule has 0 spiro atoms. The zero-order valence-corrected chi connectivity index (χ0v) is 20.2. The van der Waals surface area contributed by atoms with Gasteiger partial charge in [-0.1, -0.05) is 18.2 Å². The van der Waals surface area contributed by atoms with E-state index in [1.54, 1.807) is 24.4 Å². The van der Waals surface area contributed by atoms with Gasteiger partial charge in [0.25, 0.3) is 0 Å². The van der Waals surface area contributed by atoms with Crippen LogP contribution in [0.25, 0.3) is 16.8 Å². The highest BCUT2D eigenvalue weighted by molar-refractivity contribution is 5.65. The fraction of sp³-hybridized carbons (Fsp3) is 0.370. The van der Waals surface area contributed by atoms with Gasteiger partial charge >= 0.3 is 6.61 Å². The van der Waals surface area contributed by atoms with Crippen LogP contribution in [0.2, 0.25) is 0 Å². The third-order valence-corrected chi connectivity index (χ3v) is 7.53. The number of nitrogens with zero attached hydrogens (tertiary/aromatic N) is 5. The minimum absolute atomic E-state index is 0.128. The number of rotatable bonds is 5. The van der Waals surface area contributed by atoms with E-state index in [9.17, 15) is 13.9 Å². The Morgan fingerprint density at radius 1 is 1.14 bits per heavy atom. The molecular weight excluding hydrogens is 483 g/mol. The summed E-state index contributed by atoms with van der Waals surface area (Å²) in [5.41, 5.74) is 2.40. The monoisotopic (exact) mass is 509 g/mol. The van der Waals surface area contributed by atoms with Crippen LogP contribution in [0.1, 0.15) is 48.0 Å². The van der Waals surface area contributed by atoms with Crippen LogP contribution >= 0.6 is 0 Å². The zero-order chi connectivity index (χ0) is 25.7. The van der Waals surface area contributed by atoms with Gasteiger partial charge in [-0.15, -0.1) is 0 Å². The van der Waals surface area contributed by atoms with Crippen molar-refractivity contribution in [3.05, 3.63) is 77.5 Å². The third kappa shape index (κ3) is 4.23. The number of halogens is 3. The largest absolute Gasteiger partial charge is 0.435 e. The predicted molar refractivity (Wildman–Crippen MR) is 130 cm³/mol. The predicted octanol–water partition coefficient (Wildman–Crippen LogP) is 4.52. The number of alkyl halides is 2. The lowest BCUT2D eigenvalue weighted by atomic mass is 9.90. The summed E-state index contributed by atoms with van der Waals surface area (Å²) in [6.45, 7) is -1.45. The van der Waals surface area contributed by atoms with Crippen molar-refractivity contribution in [3.8, 4) is 16.9 Å². The highest BCUT2D eigenvalue weighted by Crippen LogP contribution is 2.43. The standard InChI is InChI=1S/C27H26F3N5O2/c1-34-10-8-27(36,9-11-34)25-31-13-16(14-32-25)19-15-35-23(12-20(19)28)33-21-7-6-18(24(21)35)17-4-2-3-5-22(17)37-26(29)30/h2-5,12-15,18,26,36H,6-11H2,1H3/t18-/m1/s1. The molecule has 1 N–H and O–H groups in total. The van der Waals surface area contributed by atoms with Crippen molar-refractivity contribution >= 4 is 5.65 Å². The second-order valence-corrected chi connectivity index (χ2v) is 9.84. The first-order chi connectivity index (χ1) is 17.8. The molecule has 7 nitrogen and oxygen atoms in total. The van der Waals surface area contributed by atoms with Crippen molar-refractivity contribution in [1.82, 2.24) is 24.3 Å².